The number of urea groups is 1. The Morgan fingerprint density at radius 1 is 1.42 bits per heavy atom. The van der Waals surface area contributed by atoms with Gasteiger partial charge in [-0.15, -0.1) is 11.3 Å². The number of aromatic nitrogens is 1. The number of aliphatic carboxylic acids is 1. The van der Waals surface area contributed by atoms with Crippen LogP contribution in [0.4, 0.5) is 4.79 Å². The lowest BCUT2D eigenvalue weighted by molar-refractivity contribution is -0.137. The maximum atomic E-state index is 11.5. The van der Waals surface area contributed by atoms with Crippen molar-refractivity contribution in [2.45, 2.75) is 32.2 Å². The van der Waals surface area contributed by atoms with Crippen LogP contribution in [0.2, 0.25) is 0 Å². The van der Waals surface area contributed by atoms with E-state index in [1.807, 2.05) is 0 Å². The summed E-state index contributed by atoms with van der Waals surface area (Å²) in [7, 11) is 0. The molecular weight excluding hydrogens is 270 g/mol. The first-order valence-electron chi connectivity index (χ1n) is 5.70. The monoisotopic (exact) mass is 285 g/mol. The Hall–Kier alpha value is -1.96. The first kappa shape index (κ1) is 15.1. The molecule has 1 unspecified atom stereocenters. The number of amides is 3. The van der Waals surface area contributed by atoms with E-state index in [2.05, 4.69) is 15.6 Å². The van der Waals surface area contributed by atoms with Crippen molar-refractivity contribution in [3.05, 3.63) is 16.6 Å². The maximum absolute atomic E-state index is 11.5. The normalized spacial score (nSPS) is 11.6. The summed E-state index contributed by atoms with van der Waals surface area (Å²) in [5.74, 6) is -1.46. The van der Waals surface area contributed by atoms with Crippen molar-refractivity contribution in [1.29, 1.82) is 0 Å². The SMILES string of the molecule is CC(NC(=O)NC(=O)CCCC(=O)O)c1nccs1. The molecule has 3 N–H and O–H groups in total. The van der Waals surface area contributed by atoms with Gasteiger partial charge in [0.1, 0.15) is 5.01 Å². The van der Waals surface area contributed by atoms with E-state index in [1.165, 1.54) is 11.3 Å². The molecule has 104 valence electrons. The van der Waals surface area contributed by atoms with Crippen molar-refractivity contribution in [2.24, 2.45) is 0 Å². The highest BCUT2D eigenvalue weighted by molar-refractivity contribution is 7.09. The first-order chi connectivity index (χ1) is 8.99. The third kappa shape index (κ3) is 5.96. The number of carbonyl (C=O) groups excluding carboxylic acids is 2. The van der Waals surface area contributed by atoms with Crippen LogP contribution in [0.1, 0.15) is 37.2 Å². The predicted molar refractivity (Wildman–Crippen MR) is 68.7 cm³/mol. The molecule has 1 rings (SSSR count). The lowest BCUT2D eigenvalue weighted by Crippen LogP contribution is -2.40. The van der Waals surface area contributed by atoms with Gasteiger partial charge in [-0.3, -0.25) is 14.9 Å². The van der Waals surface area contributed by atoms with Crippen LogP contribution < -0.4 is 10.6 Å². The quantitative estimate of drug-likeness (QED) is 0.729. The van der Waals surface area contributed by atoms with Gasteiger partial charge in [0.15, 0.2) is 0 Å². The third-order valence-electron chi connectivity index (χ3n) is 2.22. The number of hydrogen-bond acceptors (Lipinski definition) is 5. The van der Waals surface area contributed by atoms with Gasteiger partial charge < -0.3 is 10.4 Å². The Bertz CT molecular complexity index is 447. The van der Waals surface area contributed by atoms with Gasteiger partial charge in [0, 0.05) is 24.4 Å². The number of thiazole rings is 1. The molecule has 0 aliphatic rings. The predicted octanol–water partition coefficient (Wildman–Crippen LogP) is 1.28. The summed E-state index contributed by atoms with van der Waals surface area (Å²) in [5.41, 5.74) is 0. The molecule has 0 radical (unpaired) electrons. The molecule has 7 nitrogen and oxygen atoms in total. The molecule has 19 heavy (non-hydrogen) atoms. The second-order valence-corrected chi connectivity index (χ2v) is 4.79. The molecular formula is C11H15N3O4S. The van der Waals surface area contributed by atoms with Crippen LogP contribution in [-0.2, 0) is 9.59 Å². The minimum Gasteiger partial charge on any atom is -0.481 e. The molecule has 1 heterocycles. The van der Waals surface area contributed by atoms with Crippen LogP contribution >= 0.6 is 11.3 Å². The van der Waals surface area contributed by atoms with Crippen molar-refractivity contribution in [2.75, 3.05) is 0 Å². The van der Waals surface area contributed by atoms with E-state index in [0.717, 1.165) is 5.01 Å². The lowest BCUT2D eigenvalue weighted by Gasteiger charge is -2.11. The summed E-state index contributed by atoms with van der Waals surface area (Å²) in [6.45, 7) is 1.76. The highest BCUT2D eigenvalue weighted by Crippen LogP contribution is 2.14. The second kappa shape index (κ2) is 7.47. The maximum Gasteiger partial charge on any atom is 0.321 e. The largest absolute Gasteiger partial charge is 0.481 e. The van der Waals surface area contributed by atoms with Gasteiger partial charge in [-0.05, 0) is 13.3 Å². The van der Waals surface area contributed by atoms with Gasteiger partial charge in [-0.2, -0.15) is 0 Å². The Morgan fingerprint density at radius 2 is 2.16 bits per heavy atom. The van der Waals surface area contributed by atoms with Crippen molar-refractivity contribution in [3.63, 3.8) is 0 Å². The lowest BCUT2D eigenvalue weighted by atomic mass is 10.2. The zero-order valence-corrected chi connectivity index (χ0v) is 11.2. The van der Waals surface area contributed by atoms with Gasteiger partial charge in [0.05, 0.1) is 6.04 Å². The van der Waals surface area contributed by atoms with Crippen LogP contribution in [0.3, 0.4) is 0 Å². The van der Waals surface area contributed by atoms with Crippen LogP contribution in [-0.4, -0.2) is 28.0 Å². The highest BCUT2D eigenvalue weighted by atomic mass is 32.1. The fraction of sp³-hybridized carbons (Fsp3) is 0.455. The molecule has 0 bridgehead atoms. The zero-order valence-electron chi connectivity index (χ0n) is 10.4. The van der Waals surface area contributed by atoms with E-state index in [1.54, 1.807) is 18.5 Å². The third-order valence-corrected chi connectivity index (χ3v) is 3.18. The number of nitrogens with one attached hydrogen (secondary N) is 2. The molecule has 0 aliphatic carbocycles. The summed E-state index contributed by atoms with van der Waals surface area (Å²) in [6.07, 6.45) is 1.75. The molecule has 8 heteroatoms. The van der Waals surface area contributed by atoms with Gasteiger partial charge in [-0.1, -0.05) is 0 Å². The topological polar surface area (TPSA) is 108 Å². The van der Waals surface area contributed by atoms with Crippen molar-refractivity contribution in [1.82, 2.24) is 15.6 Å². The molecule has 3 amide bonds. The zero-order chi connectivity index (χ0) is 14.3. The summed E-state index contributed by atoms with van der Waals surface area (Å²) in [6, 6.07) is -0.894. The molecule has 0 saturated heterocycles. The molecule has 1 aromatic heterocycles. The Kier molecular flexibility index (Phi) is 5.94. The minimum atomic E-state index is -0.963. The smallest absolute Gasteiger partial charge is 0.321 e. The number of carboxylic acids is 1. The standard InChI is InChI=1S/C11H15N3O4S/c1-7(10-12-5-6-19-10)13-11(18)14-8(15)3-2-4-9(16)17/h5-7H,2-4H2,1H3,(H,16,17)(H2,13,14,15,18). The fourth-order valence-corrected chi connectivity index (χ4v) is 1.98. The molecule has 1 aromatic rings. The van der Waals surface area contributed by atoms with Gasteiger partial charge in [-0.25, -0.2) is 9.78 Å². The average Bonchev–Trinajstić information content (AvgIpc) is 2.81. The molecule has 0 aromatic carbocycles. The van der Waals surface area contributed by atoms with E-state index >= 15 is 0 Å². The number of carbonyl (C=O) groups is 3. The fourth-order valence-electron chi connectivity index (χ4n) is 1.33. The Labute approximate surface area is 114 Å². The first-order valence-corrected chi connectivity index (χ1v) is 6.58. The summed E-state index contributed by atoms with van der Waals surface area (Å²) in [5, 5.41) is 15.7. The van der Waals surface area contributed by atoms with E-state index in [9.17, 15) is 14.4 Å². The summed E-state index contributed by atoms with van der Waals surface area (Å²) in [4.78, 5) is 37.1. The van der Waals surface area contributed by atoms with Crippen molar-refractivity contribution >= 4 is 29.2 Å². The van der Waals surface area contributed by atoms with Gasteiger partial charge in [0.25, 0.3) is 0 Å². The highest BCUT2D eigenvalue weighted by Gasteiger charge is 2.13. The number of carboxylic acid groups (broad SMARTS) is 1. The van der Waals surface area contributed by atoms with Crippen LogP contribution in [0.25, 0.3) is 0 Å². The Balaban J connectivity index is 2.27. The van der Waals surface area contributed by atoms with E-state index < -0.39 is 17.9 Å². The number of hydrogen-bond donors (Lipinski definition) is 3. The molecule has 1 atom stereocenters. The van der Waals surface area contributed by atoms with Crippen molar-refractivity contribution < 1.29 is 19.5 Å². The summed E-state index contributed by atoms with van der Waals surface area (Å²) >= 11 is 1.41. The van der Waals surface area contributed by atoms with Gasteiger partial charge in [0.2, 0.25) is 5.91 Å². The van der Waals surface area contributed by atoms with Crippen LogP contribution in [0.15, 0.2) is 11.6 Å². The second-order valence-electron chi connectivity index (χ2n) is 3.86. The Morgan fingerprint density at radius 3 is 2.74 bits per heavy atom. The van der Waals surface area contributed by atoms with Crippen molar-refractivity contribution in [3.8, 4) is 0 Å². The molecule has 0 aliphatic heterocycles. The molecule has 0 saturated carbocycles. The number of rotatable bonds is 6. The van der Waals surface area contributed by atoms with E-state index in [-0.39, 0.29) is 25.3 Å². The van der Waals surface area contributed by atoms with Gasteiger partial charge >= 0.3 is 12.0 Å². The summed E-state index contributed by atoms with van der Waals surface area (Å²) < 4.78 is 0. The van der Waals surface area contributed by atoms with E-state index in [0.29, 0.717) is 0 Å². The number of imide groups is 1. The van der Waals surface area contributed by atoms with Crippen LogP contribution in [0.5, 0.6) is 0 Å². The number of nitrogens with zero attached hydrogens (tertiary/aromatic N) is 1. The molecule has 0 spiro atoms. The average molecular weight is 285 g/mol. The molecule has 0 fully saturated rings. The van der Waals surface area contributed by atoms with E-state index in [4.69, 9.17) is 5.11 Å². The van der Waals surface area contributed by atoms with Crippen LogP contribution in [0, 0.1) is 0 Å². The minimum absolute atomic E-state index is 0.00531.